The van der Waals surface area contributed by atoms with Gasteiger partial charge in [0.2, 0.25) is 0 Å². The van der Waals surface area contributed by atoms with E-state index in [1.54, 1.807) is 0 Å². The van der Waals surface area contributed by atoms with Gasteiger partial charge in [-0.15, -0.1) is 0 Å². The first-order chi connectivity index (χ1) is 8.31. The minimum absolute atomic E-state index is 0.220. The van der Waals surface area contributed by atoms with Crippen molar-refractivity contribution in [3.8, 4) is 0 Å². The molecule has 1 fully saturated rings. The number of likely N-dealkylation sites (tertiary alicyclic amines) is 1. The molecule has 2 rings (SSSR count). The molecule has 0 aromatic heterocycles. The van der Waals surface area contributed by atoms with Gasteiger partial charge >= 0.3 is 0 Å². The zero-order valence-electron chi connectivity index (χ0n) is 9.92. The summed E-state index contributed by atoms with van der Waals surface area (Å²) in [6.45, 7) is 2.06. The van der Waals surface area contributed by atoms with Crippen LogP contribution in [0, 0.1) is 0 Å². The maximum absolute atomic E-state index is 12.0. The Morgan fingerprint density at radius 2 is 2.12 bits per heavy atom. The van der Waals surface area contributed by atoms with Gasteiger partial charge in [-0.1, -0.05) is 18.2 Å². The van der Waals surface area contributed by atoms with Crippen LogP contribution in [0.5, 0.6) is 0 Å². The molecular formula is C13H19NO2S. The van der Waals surface area contributed by atoms with Crippen molar-refractivity contribution in [2.45, 2.75) is 23.8 Å². The summed E-state index contributed by atoms with van der Waals surface area (Å²) in [5, 5.41) is 9.20. The molecule has 1 aliphatic rings. The fourth-order valence-corrected chi connectivity index (χ4v) is 3.38. The van der Waals surface area contributed by atoms with Crippen LogP contribution in [0.15, 0.2) is 35.2 Å². The third-order valence-corrected chi connectivity index (χ3v) is 4.63. The second-order valence-electron chi connectivity index (χ2n) is 4.38. The third-order valence-electron chi connectivity index (χ3n) is 3.28. The van der Waals surface area contributed by atoms with Crippen LogP contribution in [0.1, 0.15) is 12.8 Å². The topological polar surface area (TPSA) is 40.5 Å². The number of aliphatic hydroxyl groups is 1. The van der Waals surface area contributed by atoms with Gasteiger partial charge in [-0.2, -0.15) is 0 Å². The molecule has 1 aliphatic heterocycles. The van der Waals surface area contributed by atoms with Gasteiger partial charge in [-0.25, -0.2) is 0 Å². The van der Waals surface area contributed by atoms with E-state index >= 15 is 0 Å². The lowest BCUT2D eigenvalue weighted by molar-refractivity contribution is 0.165. The van der Waals surface area contributed by atoms with E-state index in [2.05, 4.69) is 4.90 Å². The molecule has 0 bridgehead atoms. The Hall–Kier alpha value is -0.710. The molecule has 94 valence electrons. The van der Waals surface area contributed by atoms with E-state index in [0.717, 1.165) is 30.8 Å². The van der Waals surface area contributed by atoms with Gasteiger partial charge < -0.3 is 5.11 Å². The van der Waals surface area contributed by atoms with Crippen LogP contribution in [0.25, 0.3) is 0 Å². The van der Waals surface area contributed by atoms with Crippen LogP contribution in [0.3, 0.4) is 0 Å². The second kappa shape index (κ2) is 6.28. The van der Waals surface area contributed by atoms with E-state index in [1.165, 1.54) is 0 Å². The quantitative estimate of drug-likeness (QED) is 0.858. The molecule has 1 heterocycles. The maximum Gasteiger partial charge on any atom is 0.0586 e. The number of aliphatic hydroxyl groups excluding tert-OH is 1. The SMILES string of the molecule is O=S(CCN1CCC[C@@H]1CO)c1ccccc1. The van der Waals surface area contributed by atoms with Crippen LogP contribution in [-0.2, 0) is 10.8 Å². The first-order valence-corrected chi connectivity index (χ1v) is 7.41. The summed E-state index contributed by atoms with van der Waals surface area (Å²) in [6.07, 6.45) is 2.21. The van der Waals surface area contributed by atoms with Gasteiger partial charge in [0.15, 0.2) is 0 Å². The molecule has 4 heteroatoms. The summed E-state index contributed by atoms with van der Waals surface area (Å²) in [6, 6.07) is 9.86. The Bertz CT molecular complexity index is 369. The minimum Gasteiger partial charge on any atom is -0.395 e. The van der Waals surface area contributed by atoms with Crippen molar-refractivity contribution in [1.29, 1.82) is 0 Å². The average molecular weight is 253 g/mol. The molecule has 0 spiro atoms. The number of hydrogen-bond donors (Lipinski definition) is 1. The fraction of sp³-hybridized carbons (Fsp3) is 0.538. The number of hydrogen-bond acceptors (Lipinski definition) is 3. The van der Waals surface area contributed by atoms with Crippen molar-refractivity contribution < 1.29 is 9.32 Å². The summed E-state index contributed by atoms with van der Waals surface area (Å²) >= 11 is 0. The molecule has 1 aromatic rings. The van der Waals surface area contributed by atoms with Crippen LogP contribution >= 0.6 is 0 Å². The van der Waals surface area contributed by atoms with Gasteiger partial charge in [-0.3, -0.25) is 9.11 Å². The zero-order chi connectivity index (χ0) is 12.1. The second-order valence-corrected chi connectivity index (χ2v) is 5.95. The smallest absolute Gasteiger partial charge is 0.0586 e. The molecule has 17 heavy (non-hydrogen) atoms. The standard InChI is InChI=1S/C13H19NO2S/c15-11-12-5-4-8-14(12)9-10-17(16)13-6-2-1-3-7-13/h1-3,6-7,12,15H,4-5,8-11H2/t12-,17?/m1/s1. The Morgan fingerprint density at radius 1 is 1.35 bits per heavy atom. The van der Waals surface area contributed by atoms with Crippen LogP contribution in [0.2, 0.25) is 0 Å². The first-order valence-electron chi connectivity index (χ1n) is 6.09. The van der Waals surface area contributed by atoms with Gasteiger partial charge in [-0.05, 0) is 31.5 Å². The molecule has 2 atom stereocenters. The number of rotatable bonds is 5. The molecule has 3 nitrogen and oxygen atoms in total. The Kier molecular flexibility index (Phi) is 4.71. The van der Waals surface area contributed by atoms with Gasteiger partial charge in [0.05, 0.1) is 17.4 Å². The normalized spacial score (nSPS) is 22.8. The highest BCUT2D eigenvalue weighted by Crippen LogP contribution is 2.16. The third kappa shape index (κ3) is 3.37. The molecule has 1 aromatic carbocycles. The van der Waals surface area contributed by atoms with Crippen LogP contribution < -0.4 is 0 Å². The average Bonchev–Trinajstić information content (AvgIpc) is 2.84. The van der Waals surface area contributed by atoms with Crippen molar-refractivity contribution in [2.24, 2.45) is 0 Å². The van der Waals surface area contributed by atoms with Crippen LogP contribution in [0.4, 0.5) is 0 Å². The Morgan fingerprint density at radius 3 is 2.82 bits per heavy atom. The highest BCUT2D eigenvalue weighted by atomic mass is 32.2. The number of nitrogens with zero attached hydrogens (tertiary/aromatic N) is 1. The fourth-order valence-electron chi connectivity index (χ4n) is 2.29. The summed E-state index contributed by atoms with van der Waals surface area (Å²) in [5.41, 5.74) is 0. The van der Waals surface area contributed by atoms with E-state index in [1.807, 2.05) is 30.3 Å². The Balaban J connectivity index is 1.84. The lowest BCUT2D eigenvalue weighted by Gasteiger charge is -2.22. The summed E-state index contributed by atoms with van der Waals surface area (Å²) < 4.78 is 12.0. The molecule has 0 saturated carbocycles. The van der Waals surface area contributed by atoms with E-state index < -0.39 is 10.8 Å². The monoisotopic (exact) mass is 253 g/mol. The molecule has 1 saturated heterocycles. The molecule has 0 radical (unpaired) electrons. The van der Waals surface area contributed by atoms with E-state index in [-0.39, 0.29) is 12.6 Å². The van der Waals surface area contributed by atoms with Crippen molar-refractivity contribution >= 4 is 10.8 Å². The van der Waals surface area contributed by atoms with Crippen molar-refractivity contribution in [1.82, 2.24) is 4.90 Å². The molecule has 0 amide bonds. The highest BCUT2D eigenvalue weighted by molar-refractivity contribution is 7.85. The lowest BCUT2D eigenvalue weighted by Crippen LogP contribution is -2.35. The molecular weight excluding hydrogens is 234 g/mol. The van der Waals surface area contributed by atoms with Crippen LogP contribution in [-0.4, -0.2) is 45.7 Å². The van der Waals surface area contributed by atoms with Gasteiger partial charge in [0.25, 0.3) is 0 Å². The highest BCUT2D eigenvalue weighted by Gasteiger charge is 2.23. The zero-order valence-corrected chi connectivity index (χ0v) is 10.7. The summed E-state index contributed by atoms with van der Waals surface area (Å²) in [4.78, 5) is 3.15. The Labute approximate surface area is 105 Å². The summed E-state index contributed by atoms with van der Waals surface area (Å²) in [5.74, 6) is 0.653. The first kappa shape index (κ1) is 12.7. The largest absolute Gasteiger partial charge is 0.395 e. The molecule has 1 unspecified atom stereocenters. The van der Waals surface area contributed by atoms with Gasteiger partial charge in [0.1, 0.15) is 0 Å². The van der Waals surface area contributed by atoms with Gasteiger partial charge in [0, 0.05) is 23.2 Å². The van der Waals surface area contributed by atoms with E-state index in [0.29, 0.717) is 5.75 Å². The number of benzene rings is 1. The summed E-state index contributed by atoms with van der Waals surface area (Å²) in [7, 11) is -0.920. The van der Waals surface area contributed by atoms with Crippen molar-refractivity contribution in [3.63, 3.8) is 0 Å². The van der Waals surface area contributed by atoms with E-state index in [9.17, 15) is 9.32 Å². The molecule has 0 aliphatic carbocycles. The maximum atomic E-state index is 12.0. The van der Waals surface area contributed by atoms with Crippen molar-refractivity contribution in [2.75, 3.05) is 25.4 Å². The predicted octanol–water partition coefficient (Wildman–Crippen LogP) is 1.25. The predicted molar refractivity (Wildman–Crippen MR) is 69.4 cm³/mol. The minimum atomic E-state index is -0.920. The lowest BCUT2D eigenvalue weighted by atomic mass is 10.2. The van der Waals surface area contributed by atoms with Crippen molar-refractivity contribution in [3.05, 3.63) is 30.3 Å². The molecule has 1 N–H and O–H groups in total. The van der Waals surface area contributed by atoms with E-state index in [4.69, 9.17) is 0 Å².